The van der Waals surface area contributed by atoms with Gasteiger partial charge in [-0.15, -0.1) is 0 Å². The maximum Gasteiger partial charge on any atom is 0.265 e. The molecule has 4 aliphatic rings. The van der Waals surface area contributed by atoms with Crippen LogP contribution in [0.4, 0.5) is 10.1 Å². The molecule has 0 aromatic heterocycles. The number of unbranched alkanes of at least 4 members (excludes halogenated alkanes) is 1. The summed E-state index contributed by atoms with van der Waals surface area (Å²) in [6, 6.07) is 16.5. The summed E-state index contributed by atoms with van der Waals surface area (Å²) in [7, 11) is 0. The number of anilines is 1. The third-order valence-electron chi connectivity index (χ3n) is 12.1. The van der Waals surface area contributed by atoms with Gasteiger partial charge in [-0.3, -0.25) is 39.1 Å². The summed E-state index contributed by atoms with van der Waals surface area (Å²) in [6.45, 7) is 11.7. The van der Waals surface area contributed by atoms with E-state index in [-0.39, 0.29) is 58.5 Å². The molecule has 3 aromatic carbocycles. The Morgan fingerprint density at radius 2 is 1.67 bits per heavy atom. The molecule has 57 heavy (non-hydrogen) atoms. The number of nitriles is 1. The number of fused-ring (bicyclic) bond motifs is 1. The highest BCUT2D eigenvalue weighted by Crippen LogP contribution is 2.55. The summed E-state index contributed by atoms with van der Waals surface area (Å²) >= 11 is 6.23. The average molecular weight is 797 g/mol. The van der Waals surface area contributed by atoms with Crippen LogP contribution in [0, 0.1) is 28.0 Å². The molecule has 12 nitrogen and oxygen atoms in total. The molecule has 2 saturated heterocycles. The Kier molecular flexibility index (Phi) is 10.9. The van der Waals surface area contributed by atoms with Crippen molar-refractivity contribution in [2.24, 2.45) is 10.8 Å². The van der Waals surface area contributed by atoms with Gasteiger partial charge in [0.2, 0.25) is 11.8 Å². The van der Waals surface area contributed by atoms with Gasteiger partial charge in [0.25, 0.3) is 17.7 Å². The van der Waals surface area contributed by atoms with Gasteiger partial charge in [-0.05, 0) is 74.2 Å². The van der Waals surface area contributed by atoms with Crippen molar-refractivity contribution in [3.63, 3.8) is 0 Å². The summed E-state index contributed by atoms with van der Waals surface area (Å²) in [6.07, 6.45) is 2.60. The number of carbonyl (C=O) groups excluding carboxylic acids is 5. The zero-order valence-electron chi connectivity index (χ0n) is 32.5. The highest BCUT2D eigenvalue weighted by atomic mass is 35.5. The van der Waals surface area contributed by atoms with E-state index >= 15 is 4.39 Å². The molecule has 1 saturated carbocycles. The molecular weight excluding hydrogens is 751 g/mol. The van der Waals surface area contributed by atoms with E-state index in [9.17, 15) is 29.2 Å². The number of benzene rings is 3. The van der Waals surface area contributed by atoms with E-state index in [1.165, 1.54) is 12.1 Å². The first-order valence-electron chi connectivity index (χ1n) is 19.4. The molecule has 298 valence electrons. The lowest BCUT2D eigenvalue weighted by atomic mass is 9.49. The number of carbonyl (C=O) groups is 5. The standard InChI is InChI=1S/C43H46ClFN6O6/c1-42(2)40(43(3,4)41(42)57-28-13-12-27(24-46)30(44)23-28)48-36(53)26-10-8-25(9-11-26)7-5-6-18-49-19-21-50(22-20-49)31-15-14-29-34(35(31)45)39(56)51(38(29)55)32-16-17-33(52)47-37(32)54/h8-15,23,32,40-41H,5-7,16-22H2,1-4H3,(H,48,53)(H,47,52,54). The molecule has 3 aliphatic heterocycles. The molecular formula is C43H46ClFN6O6. The van der Waals surface area contributed by atoms with Gasteiger partial charge in [0.15, 0.2) is 5.82 Å². The molecule has 2 N–H and O–H groups in total. The predicted molar refractivity (Wildman–Crippen MR) is 211 cm³/mol. The number of aryl methyl sites for hydroxylation is 1. The van der Waals surface area contributed by atoms with Crippen LogP contribution < -0.4 is 20.3 Å². The van der Waals surface area contributed by atoms with Crippen molar-refractivity contribution in [2.45, 2.75) is 78.0 Å². The first-order valence-corrected chi connectivity index (χ1v) is 19.8. The second-order valence-corrected chi connectivity index (χ2v) is 17.0. The zero-order chi connectivity index (χ0) is 40.8. The maximum absolute atomic E-state index is 15.9. The normalized spacial score (nSPS) is 22.7. The fourth-order valence-electron chi connectivity index (χ4n) is 9.26. The van der Waals surface area contributed by atoms with Crippen LogP contribution in [-0.4, -0.2) is 90.2 Å². The van der Waals surface area contributed by atoms with E-state index in [1.54, 1.807) is 18.2 Å². The van der Waals surface area contributed by atoms with E-state index in [4.69, 9.17) is 16.3 Å². The molecule has 0 radical (unpaired) electrons. The Balaban J connectivity index is 0.854. The Hall–Kier alpha value is -5.32. The fraction of sp³-hybridized carbons (Fsp3) is 0.442. The number of nitrogens with zero attached hydrogens (tertiary/aromatic N) is 4. The Bertz CT molecular complexity index is 2160. The average Bonchev–Trinajstić information content (AvgIpc) is 3.44. The molecule has 14 heteroatoms. The number of rotatable bonds is 11. The van der Waals surface area contributed by atoms with Gasteiger partial charge in [-0.1, -0.05) is 51.4 Å². The van der Waals surface area contributed by atoms with E-state index in [0.29, 0.717) is 48.1 Å². The van der Waals surface area contributed by atoms with Gasteiger partial charge >= 0.3 is 0 Å². The van der Waals surface area contributed by atoms with Gasteiger partial charge in [-0.2, -0.15) is 5.26 Å². The van der Waals surface area contributed by atoms with E-state index < -0.39 is 35.5 Å². The van der Waals surface area contributed by atoms with Gasteiger partial charge in [-0.25, -0.2) is 4.39 Å². The van der Waals surface area contributed by atoms with Crippen LogP contribution in [0.15, 0.2) is 54.6 Å². The molecule has 0 spiro atoms. The minimum atomic E-state index is -1.15. The number of nitrogens with one attached hydrogen (secondary N) is 2. The molecule has 3 heterocycles. The molecule has 1 atom stereocenters. The largest absolute Gasteiger partial charge is 0.489 e. The molecule has 3 fully saturated rings. The molecule has 0 bridgehead atoms. The van der Waals surface area contributed by atoms with Crippen LogP contribution >= 0.6 is 11.6 Å². The Labute approximate surface area is 336 Å². The number of piperidine rings is 1. The first-order chi connectivity index (χ1) is 27.1. The van der Waals surface area contributed by atoms with Crippen LogP contribution in [0.2, 0.25) is 5.02 Å². The SMILES string of the molecule is CC1(C)C(NC(=O)c2ccc(CCCCN3CCN(c4ccc5c(c4F)C(=O)N(C4CCC(=O)NC4=O)C5=O)CC3)cc2)C(C)(C)C1Oc1ccc(C#N)c(Cl)c1. The lowest BCUT2D eigenvalue weighted by molar-refractivity contribution is -0.164. The highest BCUT2D eigenvalue weighted by Gasteiger charge is 2.64. The van der Waals surface area contributed by atoms with Crippen molar-refractivity contribution in [1.82, 2.24) is 20.4 Å². The fourth-order valence-corrected chi connectivity index (χ4v) is 9.47. The molecule has 1 unspecified atom stereocenters. The van der Waals surface area contributed by atoms with E-state index in [0.717, 1.165) is 36.3 Å². The smallest absolute Gasteiger partial charge is 0.265 e. The lowest BCUT2D eigenvalue weighted by Crippen LogP contribution is -2.74. The summed E-state index contributed by atoms with van der Waals surface area (Å²) in [5, 5.41) is 14.9. The topological polar surface area (TPSA) is 152 Å². The van der Waals surface area contributed by atoms with Crippen LogP contribution in [0.1, 0.15) is 95.6 Å². The molecule has 3 aromatic rings. The van der Waals surface area contributed by atoms with Crippen molar-refractivity contribution >= 4 is 46.8 Å². The number of imide groups is 2. The van der Waals surface area contributed by atoms with Crippen LogP contribution in [0.25, 0.3) is 0 Å². The molecule has 7 rings (SSSR count). The quantitative estimate of drug-likeness (QED) is 0.189. The highest BCUT2D eigenvalue weighted by molar-refractivity contribution is 6.31. The number of piperazine rings is 1. The number of amides is 5. The molecule has 1 aliphatic carbocycles. The zero-order valence-corrected chi connectivity index (χ0v) is 33.2. The Morgan fingerprint density at radius 3 is 2.32 bits per heavy atom. The minimum absolute atomic E-state index is 0.00660. The van der Waals surface area contributed by atoms with Crippen molar-refractivity contribution in [2.75, 3.05) is 37.6 Å². The number of hydrogen-bond acceptors (Lipinski definition) is 9. The summed E-state index contributed by atoms with van der Waals surface area (Å²) in [4.78, 5) is 68.6. The van der Waals surface area contributed by atoms with E-state index in [1.807, 2.05) is 29.2 Å². The number of ether oxygens (including phenoxy) is 1. The third-order valence-corrected chi connectivity index (χ3v) is 12.4. The third kappa shape index (κ3) is 7.48. The molecule has 5 amide bonds. The second kappa shape index (κ2) is 15.6. The number of hydrogen-bond donors (Lipinski definition) is 2. The van der Waals surface area contributed by atoms with Crippen molar-refractivity contribution in [1.29, 1.82) is 5.26 Å². The van der Waals surface area contributed by atoms with Gasteiger partial charge in [0.1, 0.15) is 24.0 Å². The van der Waals surface area contributed by atoms with Gasteiger partial charge in [0, 0.05) is 61.1 Å². The van der Waals surface area contributed by atoms with Crippen molar-refractivity contribution in [3.8, 4) is 11.8 Å². The summed E-state index contributed by atoms with van der Waals surface area (Å²) in [5.74, 6) is -3.10. The minimum Gasteiger partial charge on any atom is -0.489 e. The lowest BCUT2D eigenvalue weighted by Gasteiger charge is -2.63. The monoisotopic (exact) mass is 796 g/mol. The van der Waals surface area contributed by atoms with Crippen LogP contribution in [-0.2, 0) is 16.0 Å². The van der Waals surface area contributed by atoms with Crippen LogP contribution in [0.5, 0.6) is 5.75 Å². The Morgan fingerprint density at radius 1 is 0.965 bits per heavy atom. The van der Waals surface area contributed by atoms with Crippen molar-refractivity contribution in [3.05, 3.63) is 93.3 Å². The van der Waals surface area contributed by atoms with Crippen molar-refractivity contribution < 1.29 is 33.1 Å². The summed E-state index contributed by atoms with van der Waals surface area (Å²) in [5.41, 5.74) is 1.25. The summed E-state index contributed by atoms with van der Waals surface area (Å²) < 4.78 is 22.2. The van der Waals surface area contributed by atoms with Gasteiger partial charge in [0.05, 0.1) is 27.4 Å². The second-order valence-electron chi connectivity index (χ2n) is 16.6. The van der Waals surface area contributed by atoms with Crippen LogP contribution in [0.3, 0.4) is 0 Å². The van der Waals surface area contributed by atoms with Gasteiger partial charge < -0.3 is 15.0 Å². The van der Waals surface area contributed by atoms with E-state index in [2.05, 4.69) is 49.3 Å². The predicted octanol–water partition coefficient (Wildman–Crippen LogP) is 5.51. The first kappa shape index (κ1) is 39.9. The maximum atomic E-state index is 15.9. The number of halogens is 2.